The van der Waals surface area contributed by atoms with Crippen LogP contribution in [0, 0.1) is 0 Å². The van der Waals surface area contributed by atoms with E-state index in [-0.39, 0.29) is 5.97 Å². The van der Waals surface area contributed by atoms with E-state index in [0.717, 1.165) is 0 Å². The molecule has 0 unspecified atom stereocenters. The highest BCUT2D eigenvalue weighted by Gasteiger charge is 1.94. The standard InChI is InChI=1S/C10H16O2/c1-4-12-10(11)8-6-5-7-9(2)3/h5-7H,4,8H2,1-3H3/b6-5-. The Balaban J connectivity index is 3.60. The van der Waals surface area contributed by atoms with Crippen molar-refractivity contribution in [2.45, 2.75) is 27.2 Å². The van der Waals surface area contributed by atoms with E-state index in [1.54, 1.807) is 13.0 Å². The van der Waals surface area contributed by atoms with Crippen LogP contribution >= 0.6 is 0 Å². The predicted molar refractivity (Wildman–Crippen MR) is 49.8 cm³/mol. The highest BCUT2D eigenvalue weighted by molar-refractivity contribution is 5.71. The zero-order valence-corrected chi connectivity index (χ0v) is 7.96. The Morgan fingerprint density at radius 1 is 1.42 bits per heavy atom. The quantitative estimate of drug-likeness (QED) is 0.476. The fourth-order valence-electron chi connectivity index (χ4n) is 0.645. The van der Waals surface area contributed by atoms with Gasteiger partial charge in [-0.1, -0.05) is 23.8 Å². The van der Waals surface area contributed by atoms with Crippen LogP contribution in [0.2, 0.25) is 0 Å². The monoisotopic (exact) mass is 168 g/mol. The van der Waals surface area contributed by atoms with Crippen LogP contribution < -0.4 is 0 Å². The van der Waals surface area contributed by atoms with E-state index in [0.29, 0.717) is 13.0 Å². The second-order valence-electron chi connectivity index (χ2n) is 2.68. The Kier molecular flexibility index (Phi) is 6.07. The lowest BCUT2D eigenvalue weighted by Crippen LogP contribution is -2.01. The van der Waals surface area contributed by atoms with Gasteiger partial charge in [0.05, 0.1) is 13.0 Å². The molecular weight excluding hydrogens is 152 g/mol. The first kappa shape index (κ1) is 11.0. The fraction of sp³-hybridized carbons (Fsp3) is 0.500. The SMILES string of the molecule is CCOC(=O)C/C=C\C=C(C)C. The first-order chi connectivity index (χ1) is 5.66. The van der Waals surface area contributed by atoms with E-state index < -0.39 is 0 Å². The lowest BCUT2D eigenvalue weighted by molar-refractivity contribution is -0.142. The van der Waals surface area contributed by atoms with Gasteiger partial charge in [0.25, 0.3) is 0 Å². The van der Waals surface area contributed by atoms with Crippen molar-refractivity contribution in [3.05, 3.63) is 23.8 Å². The van der Waals surface area contributed by atoms with Gasteiger partial charge in [0, 0.05) is 0 Å². The topological polar surface area (TPSA) is 26.3 Å². The molecule has 12 heavy (non-hydrogen) atoms. The molecule has 2 nitrogen and oxygen atoms in total. The minimum atomic E-state index is -0.170. The molecule has 0 aromatic rings. The number of carbonyl (C=O) groups excluding carboxylic acids is 1. The maximum absolute atomic E-state index is 10.8. The third-order valence-electron chi connectivity index (χ3n) is 1.16. The summed E-state index contributed by atoms with van der Waals surface area (Å²) >= 11 is 0. The maximum atomic E-state index is 10.8. The summed E-state index contributed by atoms with van der Waals surface area (Å²) in [4.78, 5) is 10.8. The minimum absolute atomic E-state index is 0.170. The molecule has 68 valence electrons. The average Bonchev–Trinajstić information content (AvgIpc) is 1.98. The van der Waals surface area contributed by atoms with E-state index in [1.807, 2.05) is 26.0 Å². The summed E-state index contributed by atoms with van der Waals surface area (Å²) in [5.41, 5.74) is 1.22. The summed E-state index contributed by atoms with van der Waals surface area (Å²) < 4.78 is 4.74. The first-order valence-electron chi connectivity index (χ1n) is 4.12. The number of carbonyl (C=O) groups is 1. The summed E-state index contributed by atoms with van der Waals surface area (Å²) in [6, 6.07) is 0. The van der Waals surface area contributed by atoms with Crippen LogP contribution in [0.5, 0.6) is 0 Å². The van der Waals surface area contributed by atoms with Crippen molar-refractivity contribution < 1.29 is 9.53 Å². The number of allylic oxidation sites excluding steroid dienone is 3. The second-order valence-corrected chi connectivity index (χ2v) is 2.68. The van der Waals surface area contributed by atoms with Crippen LogP contribution in [0.15, 0.2) is 23.8 Å². The average molecular weight is 168 g/mol. The van der Waals surface area contributed by atoms with Gasteiger partial charge in [0.2, 0.25) is 0 Å². The van der Waals surface area contributed by atoms with Gasteiger partial charge in [-0.3, -0.25) is 4.79 Å². The van der Waals surface area contributed by atoms with Crippen molar-refractivity contribution in [1.29, 1.82) is 0 Å². The Labute approximate surface area is 73.9 Å². The second kappa shape index (κ2) is 6.65. The Bertz CT molecular complexity index is 186. The van der Waals surface area contributed by atoms with E-state index >= 15 is 0 Å². The zero-order chi connectivity index (χ0) is 9.40. The van der Waals surface area contributed by atoms with Gasteiger partial charge in [0.1, 0.15) is 0 Å². The Morgan fingerprint density at radius 3 is 2.58 bits per heavy atom. The minimum Gasteiger partial charge on any atom is -0.466 e. The largest absolute Gasteiger partial charge is 0.466 e. The molecule has 0 saturated carbocycles. The summed E-state index contributed by atoms with van der Waals surface area (Å²) in [5, 5.41) is 0. The van der Waals surface area contributed by atoms with E-state index in [4.69, 9.17) is 4.74 Å². The molecule has 0 amide bonds. The fourth-order valence-corrected chi connectivity index (χ4v) is 0.645. The lowest BCUT2D eigenvalue weighted by Gasteiger charge is -1.95. The molecule has 0 fully saturated rings. The highest BCUT2D eigenvalue weighted by atomic mass is 16.5. The van der Waals surface area contributed by atoms with Gasteiger partial charge in [-0.05, 0) is 20.8 Å². The lowest BCUT2D eigenvalue weighted by atomic mass is 10.3. The molecule has 0 atom stereocenters. The molecule has 0 aromatic heterocycles. The summed E-state index contributed by atoms with van der Waals surface area (Å²) in [5.74, 6) is -0.170. The van der Waals surface area contributed by atoms with Gasteiger partial charge >= 0.3 is 5.97 Å². The molecule has 0 spiro atoms. The normalized spacial score (nSPS) is 9.92. The molecule has 2 heteroatoms. The molecule has 0 aromatic carbocycles. The van der Waals surface area contributed by atoms with Crippen LogP contribution in [-0.2, 0) is 9.53 Å². The summed E-state index contributed by atoms with van der Waals surface area (Å²) in [6.45, 7) is 6.27. The number of hydrogen-bond acceptors (Lipinski definition) is 2. The van der Waals surface area contributed by atoms with Gasteiger partial charge in [-0.15, -0.1) is 0 Å². The third-order valence-corrected chi connectivity index (χ3v) is 1.16. The van der Waals surface area contributed by atoms with Crippen molar-refractivity contribution >= 4 is 5.97 Å². The molecule has 0 N–H and O–H groups in total. The van der Waals surface area contributed by atoms with Crippen molar-refractivity contribution in [1.82, 2.24) is 0 Å². The Hall–Kier alpha value is -1.05. The molecular formula is C10H16O2. The van der Waals surface area contributed by atoms with Crippen LogP contribution in [0.25, 0.3) is 0 Å². The molecule has 0 bridgehead atoms. The van der Waals surface area contributed by atoms with Crippen LogP contribution in [-0.4, -0.2) is 12.6 Å². The van der Waals surface area contributed by atoms with Crippen molar-refractivity contribution in [2.75, 3.05) is 6.61 Å². The Morgan fingerprint density at radius 2 is 2.08 bits per heavy atom. The highest BCUT2D eigenvalue weighted by Crippen LogP contribution is 1.92. The van der Waals surface area contributed by atoms with Crippen LogP contribution in [0.4, 0.5) is 0 Å². The summed E-state index contributed by atoms with van der Waals surface area (Å²) in [7, 11) is 0. The molecule has 0 aliphatic rings. The molecule has 0 aliphatic heterocycles. The smallest absolute Gasteiger partial charge is 0.309 e. The van der Waals surface area contributed by atoms with Crippen LogP contribution in [0.3, 0.4) is 0 Å². The molecule has 0 rings (SSSR count). The van der Waals surface area contributed by atoms with Gasteiger partial charge < -0.3 is 4.74 Å². The number of rotatable bonds is 4. The van der Waals surface area contributed by atoms with Crippen molar-refractivity contribution in [3.63, 3.8) is 0 Å². The predicted octanol–water partition coefficient (Wildman–Crippen LogP) is 2.46. The van der Waals surface area contributed by atoms with Gasteiger partial charge in [0.15, 0.2) is 0 Å². The molecule has 0 aliphatic carbocycles. The first-order valence-corrected chi connectivity index (χ1v) is 4.12. The third kappa shape index (κ3) is 7.06. The van der Waals surface area contributed by atoms with E-state index in [9.17, 15) is 4.79 Å². The van der Waals surface area contributed by atoms with Gasteiger partial charge in [-0.2, -0.15) is 0 Å². The molecule has 0 saturated heterocycles. The van der Waals surface area contributed by atoms with Crippen molar-refractivity contribution in [2.24, 2.45) is 0 Å². The zero-order valence-electron chi connectivity index (χ0n) is 7.96. The number of esters is 1. The molecule has 0 radical (unpaired) electrons. The van der Waals surface area contributed by atoms with Gasteiger partial charge in [-0.25, -0.2) is 0 Å². The number of ether oxygens (including phenoxy) is 1. The van der Waals surface area contributed by atoms with Crippen molar-refractivity contribution in [3.8, 4) is 0 Å². The van der Waals surface area contributed by atoms with Crippen LogP contribution in [0.1, 0.15) is 27.2 Å². The van der Waals surface area contributed by atoms with E-state index in [2.05, 4.69) is 0 Å². The molecule has 0 heterocycles. The maximum Gasteiger partial charge on any atom is 0.309 e. The van der Waals surface area contributed by atoms with E-state index in [1.165, 1.54) is 5.57 Å². The number of hydrogen-bond donors (Lipinski definition) is 0. The summed E-state index contributed by atoms with van der Waals surface area (Å²) in [6.07, 6.45) is 5.98.